The van der Waals surface area contributed by atoms with E-state index >= 15 is 0 Å². The van der Waals surface area contributed by atoms with Crippen molar-refractivity contribution in [1.29, 1.82) is 0 Å². The summed E-state index contributed by atoms with van der Waals surface area (Å²) in [6.07, 6.45) is 0. The molecule has 0 bridgehead atoms. The van der Waals surface area contributed by atoms with Crippen LogP contribution in [-0.2, 0) is 0 Å². The summed E-state index contributed by atoms with van der Waals surface area (Å²) < 4.78 is 5.74. The number of methoxy groups -OCH3 is 1. The average Bonchev–Trinajstić information content (AvgIpc) is 2.07. The molecule has 4 heteroatoms. The number of primary amides is 1. The van der Waals surface area contributed by atoms with Gasteiger partial charge in [-0.2, -0.15) is 0 Å². The third-order valence-electron chi connectivity index (χ3n) is 1.75. The molecule has 2 N–H and O–H groups in total. The summed E-state index contributed by atoms with van der Waals surface area (Å²) in [6, 6.07) is 3.63. The predicted molar refractivity (Wildman–Crippen MR) is 53.9 cm³/mol. The minimum absolute atomic E-state index is 0.391. The highest BCUT2D eigenvalue weighted by molar-refractivity contribution is 9.10. The molecule has 0 unspecified atom stereocenters. The molecule has 0 spiro atoms. The first-order chi connectivity index (χ1) is 6.07. The Morgan fingerprint density at radius 3 is 2.54 bits per heavy atom. The first kappa shape index (κ1) is 10.1. The molecular weight excluding hydrogens is 234 g/mol. The standard InChI is InChI=1S/C9H10BrNO2/c1-5-3-4-6(10)7(9(11)12)8(5)13-2/h3-4H,1-2H3,(H2,11,12). The Bertz CT molecular complexity index is 350. The maximum absolute atomic E-state index is 11.1. The van der Waals surface area contributed by atoms with Gasteiger partial charge in [0.05, 0.1) is 12.7 Å². The van der Waals surface area contributed by atoms with Crippen LogP contribution in [0.3, 0.4) is 0 Å². The van der Waals surface area contributed by atoms with Crippen LogP contribution in [0.5, 0.6) is 5.75 Å². The summed E-state index contributed by atoms with van der Waals surface area (Å²) in [5, 5.41) is 0. The Balaban J connectivity index is 3.43. The van der Waals surface area contributed by atoms with Gasteiger partial charge in [0, 0.05) is 4.47 Å². The van der Waals surface area contributed by atoms with Crippen molar-refractivity contribution >= 4 is 21.8 Å². The van der Waals surface area contributed by atoms with Gasteiger partial charge in [0.15, 0.2) is 0 Å². The largest absolute Gasteiger partial charge is 0.496 e. The normalized spacial score (nSPS) is 9.77. The van der Waals surface area contributed by atoms with Crippen molar-refractivity contribution in [2.24, 2.45) is 5.73 Å². The number of nitrogens with two attached hydrogens (primary N) is 1. The molecule has 0 atom stereocenters. The van der Waals surface area contributed by atoms with E-state index < -0.39 is 5.91 Å². The van der Waals surface area contributed by atoms with Gasteiger partial charge in [-0.25, -0.2) is 0 Å². The Kier molecular flexibility index (Phi) is 2.93. The number of aryl methyl sites for hydroxylation is 1. The van der Waals surface area contributed by atoms with E-state index in [4.69, 9.17) is 10.5 Å². The van der Waals surface area contributed by atoms with Crippen LogP contribution >= 0.6 is 15.9 Å². The second-order valence-corrected chi connectivity index (χ2v) is 3.49. The Hall–Kier alpha value is -1.03. The molecule has 0 aliphatic carbocycles. The van der Waals surface area contributed by atoms with Crippen molar-refractivity contribution in [3.8, 4) is 5.75 Å². The van der Waals surface area contributed by atoms with Crippen LogP contribution in [0.25, 0.3) is 0 Å². The van der Waals surface area contributed by atoms with Crippen LogP contribution in [0.1, 0.15) is 15.9 Å². The van der Waals surface area contributed by atoms with E-state index in [-0.39, 0.29) is 0 Å². The summed E-state index contributed by atoms with van der Waals surface area (Å²) in [5.74, 6) is 0.0364. The lowest BCUT2D eigenvalue weighted by atomic mass is 10.1. The van der Waals surface area contributed by atoms with Crippen LogP contribution in [0.2, 0.25) is 0 Å². The molecule has 70 valence electrons. The van der Waals surface area contributed by atoms with Crippen molar-refractivity contribution < 1.29 is 9.53 Å². The fourth-order valence-electron chi connectivity index (χ4n) is 1.16. The van der Waals surface area contributed by atoms with Crippen LogP contribution in [0.15, 0.2) is 16.6 Å². The van der Waals surface area contributed by atoms with Gasteiger partial charge in [-0.15, -0.1) is 0 Å². The number of rotatable bonds is 2. The van der Waals surface area contributed by atoms with Crippen molar-refractivity contribution in [1.82, 2.24) is 0 Å². The predicted octanol–water partition coefficient (Wildman–Crippen LogP) is 1.87. The summed E-state index contributed by atoms with van der Waals surface area (Å²) in [4.78, 5) is 11.1. The molecule has 0 aliphatic rings. The second kappa shape index (κ2) is 3.79. The van der Waals surface area contributed by atoms with Crippen molar-refractivity contribution in [2.75, 3.05) is 7.11 Å². The van der Waals surface area contributed by atoms with Crippen molar-refractivity contribution in [2.45, 2.75) is 6.92 Å². The summed E-state index contributed by atoms with van der Waals surface area (Å²) in [7, 11) is 1.52. The Morgan fingerprint density at radius 2 is 2.15 bits per heavy atom. The van der Waals surface area contributed by atoms with E-state index in [9.17, 15) is 4.79 Å². The van der Waals surface area contributed by atoms with Crippen LogP contribution in [0.4, 0.5) is 0 Å². The molecule has 1 aromatic carbocycles. The monoisotopic (exact) mass is 243 g/mol. The summed E-state index contributed by atoms with van der Waals surface area (Å²) in [6.45, 7) is 1.86. The zero-order valence-corrected chi connectivity index (χ0v) is 9.01. The minimum atomic E-state index is -0.493. The second-order valence-electron chi connectivity index (χ2n) is 2.64. The Labute approximate surface area is 85.0 Å². The SMILES string of the molecule is COc1c(C)ccc(Br)c1C(N)=O. The zero-order valence-electron chi connectivity index (χ0n) is 7.43. The van der Waals surface area contributed by atoms with Crippen molar-refractivity contribution in [3.63, 3.8) is 0 Å². The molecule has 1 rings (SSSR count). The first-order valence-electron chi connectivity index (χ1n) is 3.70. The van der Waals surface area contributed by atoms with E-state index in [0.29, 0.717) is 15.8 Å². The summed E-state index contributed by atoms with van der Waals surface area (Å²) in [5.41, 5.74) is 6.49. The number of ether oxygens (including phenoxy) is 1. The van der Waals surface area contributed by atoms with Gasteiger partial charge >= 0.3 is 0 Å². The topological polar surface area (TPSA) is 52.3 Å². The number of hydrogen-bond donors (Lipinski definition) is 1. The van der Waals surface area contributed by atoms with Gasteiger partial charge < -0.3 is 10.5 Å². The average molecular weight is 244 g/mol. The summed E-state index contributed by atoms with van der Waals surface area (Å²) >= 11 is 3.24. The lowest BCUT2D eigenvalue weighted by Gasteiger charge is -2.09. The molecule has 0 aliphatic heterocycles. The highest BCUT2D eigenvalue weighted by Gasteiger charge is 2.14. The first-order valence-corrected chi connectivity index (χ1v) is 4.50. The van der Waals surface area contributed by atoms with E-state index in [1.165, 1.54) is 7.11 Å². The highest BCUT2D eigenvalue weighted by Crippen LogP contribution is 2.29. The van der Waals surface area contributed by atoms with E-state index in [0.717, 1.165) is 5.56 Å². The Morgan fingerprint density at radius 1 is 1.54 bits per heavy atom. The minimum Gasteiger partial charge on any atom is -0.496 e. The van der Waals surface area contributed by atoms with Crippen molar-refractivity contribution in [3.05, 3.63) is 27.7 Å². The number of carbonyl (C=O) groups excluding carboxylic acids is 1. The lowest BCUT2D eigenvalue weighted by molar-refractivity contribution is 0.0996. The number of hydrogen-bond acceptors (Lipinski definition) is 2. The van der Waals surface area contributed by atoms with Gasteiger partial charge in [0.2, 0.25) is 0 Å². The number of carbonyl (C=O) groups is 1. The van der Waals surface area contributed by atoms with Gasteiger partial charge in [0.1, 0.15) is 5.75 Å². The molecule has 1 aromatic rings. The van der Waals surface area contributed by atoms with Crippen LogP contribution in [0, 0.1) is 6.92 Å². The molecule has 0 radical (unpaired) electrons. The fourth-order valence-corrected chi connectivity index (χ4v) is 1.66. The van der Waals surface area contributed by atoms with Crippen LogP contribution in [-0.4, -0.2) is 13.0 Å². The third-order valence-corrected chi connectivity index (χ3v) is 2.42. The molecule has 1 amide bonds. The van der Waals surface area contributed by atoms with E-state index in [1.807, 2.05) is 13.0 Å². The number of halogens is 1. The van der Waals surface area contributed by atoms with Gasteiger partial charge in [0.25, 0.3) is 5.91 Å². The van der Waals surface area contributed by atoms with Crippen LogP contribution < -0.4 is 10.5 Å². The van der Waals surface area contributed by atoms with E-state index in [1.54, 1.807) is 6.07 Å². The molecule has 0 saturated heterocycles. The molecule has 0 saturated carbocycles. The maximum atomic E-state index is 11.1. The fraction of sp³-hybridized carbons (Fsp3) is 0.222. The molecule has 3 nitrogen and oxygen atoms in total. The quantitative estimate of drug-likeness (QED) is 0.863. The van der Waals surface area contributed by atoms with Gasteiger partial charge in [-0.05, 0) is 34.5 Å². The third kappa shape index (κ3) is 1.83. The van der Waals surface area contributed by atoms with Gasteiger partial charge in [-0.3, -0.25) is 4.79 Å². The van der Waals surface area contributed by atoms with Gasteiger partial charge in [-0.1, -0.05) is 6.07 Å². The number of benzene rings is 1. The zero-order chi connectivity index (χ0) is 10.0. The maximum Gasteiger partial charge on any atom is 0.253 e. The van der Waals surface area contributed by atoms with E-state index in [2.05, 4.69) is 15.9 Å². The lowest BCUT2D eigenvalue weighted by Crippen LogP contribution is -2.13. The molecule has 0 aromatic heterocycles. The smallest absolute Gasteiger partial charge is 0.253 e. The highest BCUT2D eigenvalue weighted by atomic mass is 79.9. The number of amides is 1. The molecule has 0 fully saturated rings. The molecule has 13 heavy (non-hydrogen) atoms. The molecular formula is C9H10BrNO2. The molecule has 0 heterocycles.